The van der Waals surface area contributed by atoms with Crippen LogP contribution in [0.1, 0.15) is 51.9 Å². The average molecular weight is 225 g/mol. The second kappa shape index (κ2) is 5.28. The van der Waals surface area contributed by atoms with Crippen molar-refractivity contribution in [3.63, 3.8) is 0 Å². The van der Waals surface area contributed by atoms with E-state index in [1.165, 1.54) is 12.8 Å². The number of aliphatic hydroxyl groups is 1. The highest BCUT2D eigenvalue weighted by atomic mass is 16.3. The molecule has 2 aliphatic heterocycles. The Morgan fingerprint density at radius 3 is 2.44 bits per heavy atom. The summed E-state index contributed by atoms with van der Waals surface area (Å²) in [6.07, 6.45) is 7.25. The van der Waals surface area contributed by atoms with Crippen molar-refractivity contribution in [3.05, 3.63) is 0 Å². The van der Waals surface area contributed by atoms with E-state index in [2.05, 4.69) is 4.90 Å². The molecule has 2 atom stereocenters. The molecule has 16 heavy (non-hydrogen) atoms. The van der Waals surface area contributed by atoms with E-state index in [1.807, 2.05) is 0 Å². The van der Waals surface area contributed by atoms with Crippen molar-refractivity contribution in [2.75, 3.05) is 6.54 Å². The molecule has 2 saturated heterocycles. The first-order valence-electron chi connectivity index (χ1n) is 6.60. The minimum absolute atomic E-state index is 0.0639. The summed E-state index contributed by atoms with van der Waals surface area (Å²) in [5.74, 6) is 0.303. The molecule has 0 saturated carbocycles. The van der Waals surface area contributed by atoms with Gasteiger partial charge in [0.15, 0.2) is 0 Å². The highest BCUT2D eigenvalue weighted by molar-refractivity contribution is 5.75. The zero-order valence-electron chi connectivity index (χ0n) is 10.2. The Morgan fingerprint density at radius 2 is 1.88 bits per heavy atom. The van der Waals surface area contributed by atoms with Gasteiger partial charge in [-0.05, 0) is 52.0 Å². The molecule has 1 N–H and O–H groups in total. The van der Waals surface area contributed by atoms with Crippen LogP contribution in [0, 0.1) is 0 Å². The molecule has 0 amide bonds. The highest BCUT2D eigenvalue weighted by Gasteiger charge is 2.39. The third-order valence-corrected chi connectivity index (χ3v) is 4.05. The van der Waals surface area contributed by atoms with Crippen LogP contribution < -0.4 is 0 Å². The molecule has 0 aromatic carbocycles. The number of hydrogen-bond donors (Lipinski definition) is 1. The summed E-state index contributed by atoms with van der Waals surface area (Å²) in [6, 6.07) is 1.23. The summed E-state index contributed by atoms with van der Waals surface area (Å²) < 4.78 is 0. The first-order valence-corrected chi connectivity index (χ1v) is 6.60. The molecule has 2 fully saturated rings. The van der Waals surface area contributed by atoms with Crippen LogP contribution in [0.15, 0.2) is 0 Å². The zero-order chi connectivity index (χ0) is 11.5. The lowest BCUT2D eigenvalue weighted by Crippen LogP contribution is -2.45. The minimum Gasteiger partial charge on any atom is -0.393 e. The number of carbonyl (C=O) groups is 1. The van der Waals surface area contributed by atoms with Gasteiger partial charge < -0.3 is 9.90 Å². The molecule has 2 heterocycles. The fourth-order valence-corrected chi connectivity index (χ4v) is 3.28. The topological polar surface area (TPSA) is 40.5 Å². The first kappa shape index (κ1) is 12.1. The van der Waals surface area contributed by atoms with Gasteiger partial charge in [-0.1, -0.05) is 0 Å². The summed E-state index contributed by atoms with van der Waals surface area (Å²) in [5.41, 5.74) is 0. The Kier molecular flexibility index (Phi) is 3.98. The monoisotopic (exact) mass is 225 g/mol. The minimum atomic E-state index is -0.0639. The predicted molar refractivity (Wildman–Crippen MR) is 63.3 cm³/mol. The van der Waals surface area contributed by atoms with Crippen LogP contribution in [0.25, 0.3) is 0 Å². The number of carbonyl (C=O) groups excluding carboxylic acids is 1. The molecule has 0 aromatic rings. The van der Waals surface area contributed by atoms with Gasteiger partial charge in [-0.15, -0.1) is 0 Å². The molecule has 0 aliphatic carbocycles. The lowest BCUT2D eigenvalue weighted by molar-refractivity contribution is -0.117. The molecule has 2 bridgehead atoms. The molecule has 3 heteroatoms. The van der Waals surface area contributed by atoms with Crippen LogP contribution in [-0.4, -0.2) is 40.5 Å². The van der Waals surface area contributed by atoms with E-state index < -0.39 is 0 Å². The fraction of sp³-hybridized carbons (Fsp3) is 0.923. The second-order valence-electron chi connectivity index (χ2n) is 5.41. The summed E-state index contributed by atoms with van der Waals surface area (Å²) in [7, 11) is 0. The summed E-state index contributed by atoms with van der Waals surface area (Å²) in [4.78, 5) is 13.4. The van der Waals surface area contributed by atoms with E-state index in [-0.39, 0.29) is 6.10 Å². The number of fused-ring (bicyclic) bond motifs is 2. The normalized spacial score (nSPS) is 34.2. The Balaban J connectivity index is 1.72. The smallest absolute Gasteiger partial charge is 0.129 e. The van der Waals surface area contributed by atoms with E-state index in [9.17, 15) is 9.90 Å². The number of aliphatic hydroxyl groups excluding tert-OH is 1. The number of Topliss-reactive ketones (excluding diaryl/α,β-unsaturated/α-hetero) is 1. The average Bonchev–Trinajstić information content (AvgIpc) is 2.45. The molecule has 0 aromatic heterocycles. The third-order valence-electron chi connectivity index (χ3n) is 4.05. The van der Waals surface area contributed by atoms with Crippen molar-refractivity contribution in [1.29, 1.82) is 0 Å². The van der Waals surface area contributed by atoms with Crippen molar-refractivity contribution in [1.82, 2.24) is 4.90 Å². The molecular weight excluding hydrogens is 202 g/mol. The van der Waals surface area contributed by atoms with Crippen LogP contribution in [-0.2, 0) is 4.79 Å². The Bertz CT molecular complexity index is 240. The Morgan fingerprint density at radius 1 is 1.25 bits per heavy atom. The third kappa shape index (κ3) is 2.83. The van der Waals surface area contributed by atoms with Crippen LogP contribution in [0.5, 0.6) is 0 Å². The van der Waals surface area contributed by atoms with Gasteiger partial charge in [-0.25, -0.2) is 0 Å². The van der Waals surface area contributed by atoms with Crippen LogP contribution in [0.3, 0.4) is 0 Å². The first-order chi connectivity index (χ1) is 7.66. The largest absolute Gasteiger partial charge is 0.393 e. The molecule has 2 rings (SSSR count). The maximum absolute atomic E-state index is 10.8. The Hall–Kier alpha value is -0.410. The van der Waals surface area contributed by atoms with Gasteiger partial charge in [0.25, 0.3) is 0 Å². The maximum atomic E-state index is 10.8. The van der Waals surface area contributed by atoms with E-state index in [4.69, 9.17) is 0 Å². The maximum Gasteiger partial charge on any atom is 0.129 e. The quantitative estimate of drug-likeness (QED) is 0.724. The van der Waals surface area contributed by atoms with E-state index in [1.54, 1.807) is 6.92 Å². The molecule has 3 nitrogen and oxygen atoms in total. The molecule has 2 unspecified atom stereocenters. The number of ketones is 1. The summed E-state index contributed by atoms with van der Waals surface area (Å²) in [6.45, 7) is 2.79. The van der Waals surface area contributed by atoms with Crippen molar-refractivity contribution in [2.45, 2.75) is 70.1 Å². The summed E-state index contributed by atoms with van der Waals surface area (Å²) >= 11 is 0. The fourth-order valence-electron chi connectivity index (χ4n) is 3.28. The number of unbranched alkanes of at least 4 members (excludes halogenated alkanes) is 1. The van der Waals surface area contributed by atoms with Crippen molar-refractivity contribution in [3.8, 4) is 0 Å². The molecule has 0 radical (unpaired) electrons. The van der Waals surface area contributed by atoms with Gasteiger partial charge in [-0.2, -0.15) is 0 Å². The Labute approximate surface area is 97.8 Å². The van der Waals surface area contributed by atoms with Gasteiger partial charge in [0.2, 0.25) is 0 Å². The lowest BCUT2D eigenvalue weighted by atomic mass is 9.99. The van der Waals surface area contributed by atoms with E-state index >= 15 is 0 Å². The van der Waals surface area contributed by atoms with Gasteiger partial charge in [0, 0.05) is 18.5 Å². The second-order valence-corrected chi connectivity index (χ2v) is 5.41. The molecule has 0 spiro atoms. The van der Waals surface area contributed by atoms with Crippen LogP contribution in [0.2, 0.25) is 0 Å². The van der Waals surface area contributed by atoms with Crippen molar-refractivity contribution < 1.29 is 9.90 Å². The molecule has 92 valence electrons. The van der Waals surface area contributed by atoms with Crippen molar-refractivity contribution in [2.24, 2.45) is 0 Å². The number of rotatable bonds is 5. The van der Waals surface area contributed by atoms with Crippen molar-refractivity contribution >= 4 is 5.78 Å². The highest BCUT2D eigenvalue weighted by Crippen LogP contribution is 2.35. The number of nitrogens with zero attached hydrogens (tertiary/aromatic N) is 1. The number of hydrogen-bond acceptors (Lipinski definition) is 3. The van der Waals surface area contributed by atoms with Crippen LogP contribution >= 0.6 is 0 Å². The lowest BCUT2D eigenvalue weighted by Gasteiger charge is -2.37. The summed E-state index contributed by atoms with van der Waals surface area (Å²) in [5, 5.41) is 9.68. The SMILES string of the molecule is CC(=O)CCCCN1C2CCC1CC(O)C2. The van der Waals surface area contributed by atoms with Gasteiger partial charge in [0.1, 0.15) is 5.78 Å². The molecule has 2 aliphatic rings. The zero-order valence-corrected chi connectivity index (χ0v) is 10.2. The predicted octanol–water partition coefficient (Wildman–Crippen LogP) is 1.73. The van der Waals surface area contributed by atoms with E-state index in [0.717, 1.165) is 38.6 Å². The van der Waals surface area contributed by atoms with Gasteiger partial charge in [-0.3, -0.25) is 4.90 Å². The number of piperidine rings is 1. The standard InChI is InChI=1S/C13H23NO2/c1-10(15)4-2-3-7-14-11-5-6-12(14)9-13(16)8-11/h11-13,16H,2-9H2,1H3. The van der Waals surface area contributed by atoms with Gasteiger partial charge >= 0.3 is 0 Å². The van der Waals surface area contributed by atoms with Crippen LogP contribution in [0.4, 0.5) is 0 Å². The van der Waals surface area contributed by atoms with Gasteiger partial charge in [0.05, 0.1) is 6.10 Å². The van der Waals surface area contributed by atoms with E-state index in [0.29, 0.717) is 17.9 Å². The molecular formula is C13H23NO2.